The van der Waals surface area contributed by atoms with Crippen molar-refractivity contribution < 1.29 is 0 Å². The lowest BCUT2D eigenvalue weighted by Crippen LogP contribution is -2.26. The summed E-state index contributed by atoms with van der Waals surface area (Å²) in [5.41, 5.74) is 2.48. The molecule has 0 aromatic heterocycles. The molecule has 2 nitrogen and oxygen atoms in total. The maximum Gasteiger partial charge on any atom is 0.0642 e. The van der Waals surface area contributed by atoms with Gasteiger partial charge in [0.1, 0.15) is 0 Å². The van der Waals surface area contributed by atoms with Gasteiger partial charge in [0.15, 0.2) is 0 Å². The van der Waals surface area contributed by atoms with Crippen molar-refractivity contribution in [2.75, 3.05) is 18.0 Å². The van der Waals surface area contributed by atoms with Crippen LogP contribution in [0, 0.1) is 5.92 Å². The molecule has 0 amide bonds. The maximum atomic E-state index is 6.50. The first kappa shape index (κ1) is 15.7. The average Bonchev–Trinajstić information content (AvgIpc) is 3.21. The predicted octanol–water partition coefficient (Wildman–Crippen LogP) is 4.46. The second-order valence-corrected chi connectivity index (χ2v) is 6.64. The van der Waals surface area contributed by atoms with Crippen molar-refractivity contribution in [1.29, 1.82) is 0 Å². The van der Waals surface area contributed by atoms with Crippen LogP contribution in [0.1, 0.15) is 45.6 Å². The van der Waals surface area contributed by atoms with E-state index in [4.69, 9.17) is 11.6 Å². The van der Waals surface area contributed by atoms with Crippen molar-refractivity contribution in [3.8, 4) is 0 Å². The van der Waals surface area contributed by atoms with Crippen molar-refractivity contribution in [2.45, 2.75) is 52.6 Å². The quantitative estimate of drug-likeness (QED) is 0.761. The minimum atomic E-state index is 0.680. The van der Waals surface area contributed by atoms with E-state index in [1.165, 1.54) is 30.5 Å². The molecule has 0 aliphatic heterocycles. The molecule has 3 heteroatoms. The van der Waals surface area contributed by atoms with E-state index in [9.17, 15) is 0 Å². The predicted molar refractivity (Wildman–Crippen MR) is 88.7 cm³/mol. The number of nitrogens with one attached hydrogen (secondary N) is 1. The summed E-state index contributed by atoms with van der Waals surface area (Å²) < 4.78 is 0. The first-order valence-corrected chi connectivity index (χ1v) is 8.25. The van der Waals surface area contributed by atoms with Crippen LogP contribution in [0.15, 0.2) is 18.2 Å². The SMILES string of the molecule is CCCN(c1ccc(CNCC(C)C)cc1Cl)C1CC1. The normalized spacial score (nSPS) is 14.8. The van der Waals surface area contributed by atoms with E-state index in [-0.39, 0.29) is 0 Å². The molecule has 1 aliphatic rings. The molecule has 0 radical (unpaired) electrons. The Morgan fingerprint density at radius 3 is 2.65 bits per heavy atom. The van der Waals surface area contributed by atoms with Gasteiger partial charge in [-0.1, -0.05) is 38.4 Å². The zero-order valence-corrected chi connectivity index (χ0v) is 13.7. The average molecular weight is 295 g/mol. The summed E-state index contributed by atoms with van der Waals surface area (Å²) >= 11 is 6.50. The fraction of sp³-hybridized carbons (Fsp3) is 0.647. The van der Waals surface area contributed by atoms with Crippen LogP contribution in [0.2, 0.25) is 5.02 Å². The van der Waals surface area contributed by atoms with Gasteiger partial charge in [0, 0.05) is 19.1 Å². The molecule has 1 fully saturated rings. The smallest absolute Gasteiger partial charge is 0.0642 e. The van der Waals surface area contributed by atoms with Gasteiger partial charge in [0.25, 0.3) is 0 Å². The lowest BCUT2D eigenvalue weighted by molar-refractivity contribution is 0.552. The Morgan fingerprint density at radius 2 is 2.10 bits per heavy atom. The topological polar surface area (TPSA) is 15.3 Å². The molecule has 0 saturated heterocycles. The van der Waals surface area contributed by atoms with Gasteiger partial charge < -0.3 is 10.2 Å². The molecule has 0 heterocycles. The van der Waals surface area contributed by atoms with Gasteiger partial charge in [0.2, 0.25) is 0 Å². The van der Waals surface area contributed by atoms with Crippen molar-refractivity contribution in [3.63, 3.8) is 0 Å². The van der Waals surface area contributed by atoms with Gasteiger partial charge in [-0.3, -0.25) is 0 Å². The Hall–Kier alpha value is -0.730. The minimum Gasteiger partial charge on any atom is -0.367 e. The van der Waals surface area contributed by atoms with Gasteiger partial charge in [-0.15, -0.1) is 0 Å². The highest BCUT2D eigenvalue weighted by atomic mass is 35.5. The Kier molecular flexibility index (Phi) is 5.74. The van der Waals surface area contributed by atoms with Crippen molar-refractivity contribution in [3.05, 3.63) is 28.8 Å². The van der Waals surface area contributed by atoms with E-state index in [0.717, 1.165) is 30.7 Å². The van der Waals surface area contributed by atoms with Gasteiger partial charge in [-0.05, 0) is 49.4 Å². The van der Waals surface area contributed by atoms with E-state index in [1.807, 2.05) is 0 Å². The van der Waals surface area contributed by atoms with Gasteiger partial charge >= 0.3 is 0 Å². The highest BCUT2D eigenvalue weighted by Crippen LogP contribution is 2.36. The molecule has 1 aromatic rings. The summed E-state index contributed by atoms with van der Waals surface area (Å²) in [7, 11) is 0. The van der Waals surface area contributed by atoms with Crippen LogP contribution in [-0.2, 0) is 6.54 Å². The second-order valence-electron chi connectivity index (χ2n) is 6.24. The van der Waals surface area contributed by atoms with E-state index >= 15 is 0 Å². The number of hydrogen-bond donors (Lipinski definition) is 1. The van der Waals surface area contributed by atoms with Gasteiger partial charge in [0.05, 0.1) is 10.7 Å². The first-order valence-electron chi connectivity index (χ1n) is 7.87. The maximum absolute atomic E-state index is 6.50. The summed E-state index contributed by atoms with van der Waals surface area (Å²) in [5, 5.41) is 4.36. The highest BCUT2D eigenvalue weighted by Gasteiger charge is 2.29. The Morgan fingerprint density at radius 1 is 1.35 bits per heavy atom. The Balaban J connectivity index is 2.00. The van der Waals surface area contributed by atoms with Gasteiger partial charge in [-0.25, -0.2) is 0 Å². The molecule has 1 saturated carbocycles. The fourth-order valence-corrected chi connectivity index (χ4v) is 2.84. The third kappa shape index (κ3) is 4.39. The van der Waals surface area contributed by atoms with Crippen LogP contribution in [0.3, 0.4) is 0 Å². The summed E-state index contributed by atoms with van der Waals surface area (Å²) in [6.45, 7) is 9.73. The Labute approximate surface area is 128 Å². The number of benzene rings is 1. The van der Waals surface area contributed by atoms with E-state index in [2.05, 4.69) is 49.2 Å². The van der Waals surface area contributed by atoms with Crippen LogP contribution in [0.5, 0.6) is 0 Å². The lowest BCUT2D eigenvalue weighted by atomic mass is 10.1. The molecule has 0 spiro atoms. The zero-order chi connectivity index (χ0) is 14.5. The molecule has 1 aliphatic carbocycles. The molecule has 0 unspecified atom stereocenters. The molecule has 2 rings (SSSR count). The third-order valence-electron chi connectivity index (χ3n) is 3.66. The van der Waals surface area contributed by atoms with Crippen molar-refractivity contribution in [1.82, 2.24) is 5.32 Å². The van der Waals surface area contributed by atoms with E-state index < -0.39 is 0 Å². The number of anilines is 1. The van der Waals surface area contributed by atoms with Crippen LogP contribution < -0.4 is 10.2 Å². The number of halogens is 1. The molecular weight excluding hydrogens is 268 g/mol. The zero-order valence-electron chi connectivity index (χ0n) is 13.0. The summed E-state index contributed by atoms with van der Waals surface area (Å²) in [6, 6.07) is 7.25. The fourth-order valence-electron chi connectivity index (χ4n) is 2.53. The lowest BCUT2D eigenvalue weighted by Gasteiger charge is -2.25. The highest BCUT2D eigenvalue weighted by molar-refractivity contribution is 6.33. The van der Waals surface area contributed by atoms with Crippen LogP contribution in [0.25, 0.3) is 0 Å². The molecule has 20 heavy (non-hydrogen) atoms. The molecule has 0 atom stereocenters. The summed E-state index contributed by atoms with van der Waals surface area (Å²) in [5.74, 6) is 0.680. The van der Waals surface area contributed by atoms with Gasteiger partial charge in [-0.2, -0.15) is 0 Å². The second kappa shape index (κ2) is 7.33. The van der Waals surface area contributed by atoms with Crippen LogP contribution >= 0.6 is 11.6 Å². The Bertz CT molecular complexity index is 427. The first-order chi connectivity index (χ1) is 9.61. The van der Waals surface area contributed by atoms with Crippen molar-refractivity contribution in [2.24, 2.45) is 5.92 Å². The molecule has 112 valence electrons. The monoisotopic (exact) mass is 294 g/mol. The summed E-state index contributed by atoms with van der Waals surface area (Å²) in [6.07, 6.45) is 3.80. The largest absolute Gasteiger partial charge is 0.367 e. The number of nitrogens with zero attached hydrogens (tertiary/aromatic N) is 1. The number of rotatable bonds is 8. The molecule has 1 aromatic carbocycles. The van der Waals surface area contributed by atoms with Crippen molar-refractivity contribution >= 4 is 17.3 Å². The van der Waals surface area contributed by atoms with E-state index in [1.54, 1.807) is 0 Å². The molecule has 1 N–H and O–H groups in total. The minimum absolute atomic E-state index is 0.680. The van der Waals surface area contributed by atoms with Crippen LogP contribution in [-0.4, -0.2) is 19.1 Å². The molecule has 0 bridgehead atoms. The summed E-state index contributed by atoms with van der Waals surface area (Å²) in [4.78, 5) is 2.48. The number of hydrogen-bond acceptors (Lipinski definition) is 2. The molecular formula is C17H27ClN2. The third-order valence-corrected chi connectivity index (χ3v) is 3.96. The van der Waals surface area contributed by atoms with Crippen LogP contribution in [0.4, 0.5) is 5.69 Å². The standard InChI is InChI=1S/C17H27ClN2/c1-4-9-20(15-6-7-15)17-8-5-14(10-16(17)18)12-19-11-13(2)3/h5,8,10,13,15,19H,4,6-7,9,11-12H2,1-3H3. The van der Waals surface area contributed by atoms with E-state index in [0.29, 0.717) is 5.92 Å².